The number of carbonyl (C=O) groups excluding carboxylic acids is 2. The quantitative estimate of drug-likeness (QED) is 0.495. The Morgan fingerprint density at radius 1 is 1.14 bits per heavy atom. The molecule has 150 valence electrons. The molecule has 29 heavy (non-hydrogen) atoms. The number of carbonyl (C=O) groups is 2. The molecule has 0 unspecified atom stereocenters. The summed E-state index contributed by atoms with van der Waals surface area (Å²) in [7, 11) is 0. The van der Waals surface area contributed by atoms with Gasteiger partial charge in [-0.05, 0) is 43.3 Å². The molecule has 0 saturated carbocycles. The molecule has 6 nitrogen and oxygen atoms in total. The first-order valence-corrected chi connectivity index (χ1v) is 10.8. The van der Waals surface area contributed by atoms with E-state index in [1.807, 2.05) is 36.6 Å². The van der Waals surface area contributed by atoms with Crippen molar-refractivity contribution in [2.75, 3.05) is 18.5 Å². The van der Waals surface area contributed by atoms with Crippen molar-refractivity contribution in [3.63, 3.8) is 0 Å². The molecule has 1 heterocycles. The van der Waals surface area contributed by atoms with Crippen LogP contribution in [0.25, 0.3) is 11.3 Å². The van der Waals surface area contributed by atoms with Gasteiger partial charge in [-0.1, -0.05) is 28.1 Å². The van der Waals surface area contributed by atoms with E-state index in [0.29, 0.717) is 17.3 Å². The van der Waals surface area contributed by atoms with Gasteiger partial charge in [-0.3, -0.25) is 9.59 Å². The molecule has 0 aliphatic heterocycles. The summed E-state index contributed by atoms with van der Waals surface area (Å²) in [5.41, 5.74) is 2.18. The van der Waals surface area contributed by atoms with Crippen LogP contribution in [0.3, 0.4) is 0 Å². The Morgan fingerprint density at radius 2 is 1.90 bits per heavy atom. The summed E-state index contributed by atoms with van der Waals surface area (Å²) in [5, 5.41) is 7.90. The zero-order valence-electron chi connectivity index (χ0n) is 15.8. The molecule has 0 aliphatic carbocycles. The van der Waals surface area contributed by atoms with Gasteiger partial charge in [0.2, 0.25) is 5.91 Å². The molecule has 0 atom stereocenters. The summed E-state index contributed by atoms with van der Waals surface area (Å²) >= 11 is 4.68. The summed E-state index contributed by atoms with van der Waals surface area (Å²) in [6.07, 6.45) is 0.159. The second-order valence-corrected chi connectivity index (χ2v) is 7.80. The Balaban J connectivity index is 1.51. The zero-order valence-corrected chi connectivity index (χ0v) is 18.2. The lowest BCUT2D eigenvalue weighted by atomic mass is 10.1. The number of anilines is 1. The lowest BCUT2D eigenvalue weighted by Crippen LogP contribution is -2.27. The molecular formula is C21H20BrN3O3S. The number of rotatable bonds is 8. The fourth-order valence-corrected chi connectivity index (χ4v) is 3.58. The van der Waals surface area contributed by atoms with Crippen LogP contribution in [0.5, 0.6) is 5.75 Å². The Kier molecular flexibility index (Phi) is 7.37. The first-order valence-electron chi connectivity index (χ1n) is 9.08. The molecule has 2 aromatic carbocycles. The molecule has 0 saturated heterocycles. The van der Waals surface area contributed by atoms with Gasteiger partial charge in [0.25, 0.3) is 5.91 Å². The average molecular weight is 474 g/mol. The highest BCUT2D eigenvalue weighted by molar-refractivity contribution is 9.10. The normalized spacial score (nSPS) is 10.4. The zero-order chi connectivity index (χ0) is 20.6. The highest BCUT2D eigenvalue weighted by atomic mass is 79.9. The molecule has 0 spiro atoms. The lowest BCUT2D eigenvalue weighted by molar-refractivity contribution is -0.116. The van der Waals surface area contributed by atoms with Gasteiger partial charge in [-0.25, -0.2) is 4.98 Å². The summed E-state index contributed by atoms with van der Waals surface area (Å²) in [4.78, 5) is 28.7. The minimum absolute atomic E-state index is 0.159. The third-order valence-corrected chi connectivity index (χ3v) is 5.24. The summed E-state index contributed by atoms with van der Waals surface area (Å²) in [5.74, 6) is 0.336. The van der Waals surface area contributed by atoms with Gasteiger partial charge < -0.3 is 15.4 Å². The number of thiazole rings is 1. The van der Waals surface area contributed by atoms with Crippen LogP contribution in [0.4, 0.5) is 5.13 Å². The number of halogens is 1. The van der Waals surface area contributed by atoms with E-state index < -0.39 is 0 Å². The fourth-order valence-electron chi connectivity index (χ4n) is 2.59. The van der Waals surface area contributed by atoms with E-state index in [0.717, 1.165) is 21.5 Å². The number of amides is 2. The van der Waals surface area contributed by atoms with Crippen LogP contribution in [-0.4, -0.2) is 29.9 Å². The summed E-state index contributed by atoms with van der Waals surface area (Å²) < 4.78 is 6.54. The second kappa shape index (κ2) is 10.2. The average Bonchev–Trinajstić information content (AvgIpc) is 3.17. The topological polar surface area (TPSA) is 80.3 Å². The lowest BCUT2D eigenvalue weighted by Gasteiger charge is -2.07. The van der Waals surface area contributed by atoms with Crippen molar-refractivity contribution >= 4 is 44.2 Å². The van der Waals surface area contributed by atoms with Gasteiger partial charge in [0.15, 0.2) is 5.13 Å². The largest absolute Gasteiger partial charge is 0.493 e. The predicted molar refractivity (Wildman–Crippen MR) is 118 cm³/mol. The van der Waals surface area contributed by atoms with Crippen LogP contribution in [0.2, 0.25) is 0 Å². The van der Waals surface area contributed by atoms with Gasteiger partial charge in [-0.15, -0.1) is 11.3 Å². The molecule has 0 radical (unpaired) electrons. The minimum Gasteiger partial charge on any atom is -0.493 e. The Bertz CT molecular complexity index is 989. The fraction of sp³-hybridized carbons (Fsp3) is 0.190. The van der Waals surface area contributed by atoms with E-state index in [4.69, 9.17) is 4.74 Å². The van der Waals surface area contributed by atoms with Crippen LogP contribution in [0.1, 0.15) is 23.7 Å². The number of hydrogen-bond donors (Lipinski definition) is 2. The smallest absolute Gasteiger partial charge is 0.251 e. The van der Waals surface area contributed by atoms with Crippen LogP contribution >= 0.6 is 27.3 Å². The van der Waals surface area contributed by atoms with Gasteiger partial charge in [0.05, 0.1) is 12.3 Å². The number of benzene rings is 2. The molecule has 2 N–H and O–H groups in total. The standard InChI is InChI=1S/C21H20BrN3O3S/c1-2-28-18-6-4-3-5-16(18)17-13-29-21(24-17)25-19(26)11-12-23-20(27)14-7-9-15(22)10-8-14/h3-10,13H,2,11-12H2,1H3,(H,23,27)(H,24,25,26). The SMILES string of the molecule is CCOc1ccccc1-c1csc(NC(=O)CCNC(=O)c2ccc(Br)cc2)n1. The van der Waals surface area contributed by atoms with Crippen LogP contribution in [-0.2, 0) is 4.79 Å². The van der Waals surface area contributed by atoms with Crippen LogP contribution < -0.4 is 15.4 Å². The molecule has 8 heteroatoms. The van der Waals surface area contributed by atoms with Crippen LogP contribution in [0, 0.1) is 0 Å². The molecule has 0 bridgehead atoms. The predicted octanol–water partition coefficient (Wildman–Crippen LogP) is 4.73. The van der Waals surface area contributed by atoms with Crippen molar-refractivity contribution in [1.82, 2.24) is 10.3 Å². The molecule has 3 aromatic rings. The Labute approximate surface area is 181 Å². The molecule has 3 rings (SSSR count). The molecule has 0 fully saturated rings. The van der Waals surface area contributed by atoms with Gasteiger partial charge in [0.1, 0.15) is 5.75 Å². The van der Waals surface area contributed by atoms with E-state index in [2.05, 4.69) is 31.5 Å². The Hall–Kier alpha value is -2.71. The highest BCUT2D eigenvalue weighted by Gasteiger charge is 2.12. The Morgan fingerprint density at radius 3 is 2.66 bits per heavy atom. The van der Waals surface area contributed by atoms with E-state index in [9.17, 15) is 9.59 Å². The monoisotopic (exact) mass is 473 g/mol. The first kappa shape index (κ1) is 21.0. The van der Waals surface area contributed by atoms with E-state index in [-0.39, 0.29) is 24.8 Å². The van der Waals surface area contributed by atoms with Crippen molar-refractivity contribution in [3.8, 4) is 17.0 Å². The summed E-state index contributed by atoms with van der Waals surface area (Å²) in [6, 6.07) is 14.7. The third kappa shape index (κ3) is 5.88. The number of ether oxygens (including phenoxy) is 1. The maximum Gasteiger partial charge on any atom is 0.251 e. The number of nitrogens with zero attached hydrogens (tertiary/aromatic N) is 1. The van der Waals surface area contributed by atoms with Gasteiger partial charge >= 0.3 is 0 Å². The minimum atomic E-state index is -0.214. The van der Waals surface area contributed by atoms with Crippen molar-refractivity contribution < 1.29 is 14.3 Å². The van der Waals surface area contributed by atoms with E-state index >= 15 is 0 Å². The molecule has 0 aliphatic rings. The number of nitrogens with one attached hydrogen (secondary N) is 2. The number of hydrogen-bond acceptors (Lipinski definition) is 5. The van der Waals surface area contributed by atoms with Crippen molar-refractivity contribution in [1.29, 1.82) is 0 Å². The molecule has 1 aromatic heterocycles. The summed E-state index contributed by atoms with van der Waals surface area (Å²) in [6.45, 7) is 2.74. The third-order valence-electron chi connectivity index (χ3n) is 3.96. The first-order chi connectivity index (χ1) is 14.1. The second-order valence-electron chi connectivity index (χ2n) is 6.03. The van der Waals surface area contributed by atoms with Crippen molar-refractivity contribution in [2.45, 2.75) is 13.3 Å². The van der Waals surface area contributed by atoms with Crippen molar-refractivity contribution in [3.05, 3.63) is 63.9 Å². The molecule has 2 amide bonds. The van der Waals surface area contributed by atoms with E-state index in [1.165, 1.54) is 11.3 Å². The van der Waals surface area contributed by atoms with Gasteiger partial charge in [0, 0.05) is 33.9 Å². The maximum absolute atomic E-state index is 12.2. The number of para-hydroxylation sites is 1. The van der Waals surface area contributed by atoms with Crippen LogP contribution in [0.15, 0.2) is 58.4 Å². The highest BCUT2D eigenvalue weighted by Crippen LogP contribution is 2.32. The maximum atomic E-state index is 12.2. The van der Waals surface area contributed by atoms with E-state index in [1.54, 1.807) is 24.3 Å². The van der Waals surface area contributed by atoms with Gasteiger partial charge in [-0.2, -0.15) is 0 Å². The van der Waals surface area contributed by atoms with Crippen molar-refractivity contribution in [2.24, 2.45) is 0 Å². The number of aromatic nitrogens is 1. The molecular weight excluding hydrogens is 454 g/mol.